The van der Waals surface area contributed by atoms with Crippen LogP contribution in [0.2, 0.25) is 0 Å². The average molecular weight is 558 g/mol. The summed E-state index contributed by atoms with van der Waals surface area (Å²) in [6, 6.07) is 4.42. The number of fused-ring (bicyclic) bond motifs is 1. The summed E-state index contributed by atoms with van der Waals surface area (Å²) < 4.78 is 11.2. The van der Waals surface area contributed by atoms with Crippen molar-refractivity contribution in [2.75, 3.05) is 32.8 Å². The number of ether oxygens (including phenoxy) is 2. The van der Waals surface area contributed by atoms with Crippen LogP contribution in [0.1, 0.15) is 68.8 Å². The molecule has 0 spiro atoms. The van der Waals surface area contributed by atoms with E-state index in [1.165, 1.54) is 4.90 Å². The van der Waals surface area contributed by atoms with Gasteiger partial charge in [-0.05, 0) is 65.1 Å². The van der Waals surface area contributed by atoms with Crippen molar-refractivity contribution in [2.24, 2.45) is 0 Å². The molecule has 1 aromatic rings. The summed E-state index contributed by atoms with van der Waals surface area (Å²) in [6.07, 6.45) is 2.40. The summed E-state index contributed by atoms with van der Waals surface area (Å²) in [6.45, 7) is 8.15. The first kappa shape index (κ1) is 29.3. The third kappa shape index (κ3) is 7.29. The topological polar surface area (TPSA) is 146 Å². The molecule has 2 unspecified atom stereocenters. The van der Waals surface area contributed by atoms with Gasteiger partial charge in [-0.3, -0.25) is 29.4 Å². The SMILES string of the molecule is CC(C)(C)OC(=O)NCCNC(=O)C1CCCN1CCCOc1cccc2c1CN(C1CCC(=O)NC1=O)C2=O. The molecule has 4 rings (SSSR count). The molecule has 40 heavy (non-hydrogen) atoms. The minimum atomic E-state index is -0.670. The Kier molecular flexibility index (Phi) is 9.28. The monoisotopic (exact) mass is 557 g/mol. The molecule has 2 fully saturated rings. The molecule has 1 aromatic carbocycles. The summed E-state index contributed by atoms with van der Waals surface area (Å²) in [5, 5.41) is 7.84. The van der Waals surface area contributed by atoms with Gasteiger partial charge in [0.2, 0.25) is 17.7 Å². The zero-order valence-corrected chi connectivity index (χ0v) is 23.4. The number of likely N-dealkylation sites (tertiary alicyclic amines) is 1. The summed E-state index contributed by atoms with van der Waals surface area (Å²) in [7, 11) is 0. The predicted octanol–water partition coefficient (Wildman–Crippen LogP) is 1.32. The number of carbonyl (C=O) groups excluding carboxylic acids is 5. The molecule has 2 saturated heterocycles. The number of benzene rings is 1. The fourth-order valence-corrected chi connectivity index (χ4v) is 5.32. The normalized spacial score (nSPS) is 21.2. The summed E-state index contributed by atoms with van der Waals surface area (Å²) >= 11 is 0. The number of piperidine rings is 1. The lowest BCUT2D eigenvalue weighted by molar-refractivity contribution is -0.137. The van der Waals surface area contributed by atoms with Crippen molar-refractivity contribution < 1.29 is 33.4 Å². The van der Waals surface area contributed by atoms with Crippen molar-refractivity contribution in [3.63, 3.8) is 0 Å². The molecule has 0 bridgehead atoms. The van der Waals surface area contributed by atoms with E-state index in [2.05, 4.69) is 20.9 Å². The first-order valence-corrected chi connectivity index (χ1v) is 13.9. The number of rotatable bonds is 10. The van der Waals surface area contributed by atoms with Gasteiger partial charge in [-0.2, -0.15) is 0 Å². The van der Waals surface area contributed by atoms with Crippen LogP contribution < -0.4 is 20.7 Å². The van der Waals surface area contributed by atoms with Crippen molar-refractivity contribution >= 4 is 29.7 Å². The second-order valence-electron chi connectivity index (χ2n) is 11.3. The van der Waals surface area contributed by atoms with Gasteiger partial charge in [-0.1, -0.05) is 6.07 Å². The van der Waals surface area contributed by atoms with E-state index < -0.39 is 23.6 Å². The smallest absolute Gasteiger partial charge is 0.407 e. The highest BCUT2D eigenvalue weighted by molar-refractivity contribution is 6.05. The Bertz CT molecular complexity index is 1150. The third-order valence-electron chi connectivity index (χ3n) is 7.15. The van der Waals surface area contributed by atoms with Gasteiger partial charge in [0, 0.05) is 37.2 Å². The molecule has 218 valence electrons. The first-order valence-electron chi connectivity index (χ1n) is 13.9. The number of alkyl carbamates (subject to hydrolysis) is 1. The van der Waals surface area contributed by atoms with E-state index in [1.54, 1.807) is 32.9 Å². The fourth-order valence-electron chi connectivity index (χ4n) is 5.32. The quantitative estimate of drug-likeness (QED) is 0.288. The molecule has 0 radical (unpaired) electrons. The third-order valence-corrected chi connectivity index (χ3v) is 7.15. The highest BCUT2D eigenvalue weighted by atomic mass is 16.6. The van der Waals surface area contributed by atoms with Crippen molar-refractivity contribution in [1.29, 1.82) is 0 Å². The molecule has 5 amide bonds. The number of nitrogens with one attached hydrogen (secondary N) is 3. The van der Waals surface area contributed by atoms with Crippen molar-refractivity contribution in [3.05, 3.63) is 29.3 Å². The number of hydrogen-bond donors (Lipinski definition) is 3. The maximum Gasteiger partial charge on any atom is 0.407 e. The Balaban J connectivity index is 1.21. The largest absolute Gasteiger partial charge is 0.493 e. The van der Waals surface area contributed by atoms with Crippen LogP contribution in [0, 0.1) is 0 Å². The van der Waals surface area contributed by atoms with E-state index in [1.807, 2.05) is 6.07 Å². The van der Waals surface area contributed by atoms with Crippen LogP contribution in [0.25, 0.3) is 0 Å². The van der Waals surface area contributed by atoms with Gasteiger partial charge in [0.05, 0.1) is 19.2 Å². The van der Waals surface area contributed by atoms with Crippen molar-refractivity contribution in [1.82, 2.24) is 25.8 Å². The van der Waals surface area contributed by atoms with E-state index in [0.717, 1.165) is 24.9 Å². The second kappa shape index (κ2) is 12.7. The number of carbonyl (C=O) groups is 5. The molecule has 0 saturated carbocycles. The number of nitrogens with zero attached hydrogens (tertiary/aromatic N) is 2. The lowest BCUT2D eigenvalue weighted by atomic mass is 10.0. The van der Waals surface area contributed by atoms with Gasteiger partial charge < -0.3 is 25.0 Å². The lowest BCUT2D eigenvalue weighted by Gasteiger charge is -2.29. The summed E-state index contributed by atoms with van der Waals surface area (Å²) in [5.74, 6) is -0.445. The molecular formula is C28H39N5O7. The Hall–Kier alpha value is -3.67. The molecule has 12 nitrogen and oxygen atoms in total. The Morgan fingerprint density at radius 3 is 2.62 bits per heavy atom. The van der Waals surface area contributed by atoms with E-state index in [9.17, 15) is 24.0 Å². The van der Waals surface area contributed by atoms with Gasteiger partial charge in [-0.25, -0.2) is 4.79 Å². The average Bonchev–Trinajstić information content (AvgIpc) is 3.48. The highest BCUT2D eigenvalue weighted by Crippen LogP contribution is 2.33. The van der Waals surface area contributed by atoms with Crippen LogP contribution in [-0.2, 0) is 25.7 Å². The summed E-state index contributed by atoms with van der Waals surface area (Å²) in [4.78, 5) is 64.9. The summed E-state index contributed by atoms with van der Waals surface area (Å²) in [5.41, 5.74) is 0.686. The van der Waals surface area contributed by atoms with Crippen LogP contribution in [-0.4, -0.2) is 90.0 Å². The Morgan fingerprint density at radius 2 is 1.88 bits per heavy atom. The molecule has 0 aliphatic carbocycles. The zero-order chi connectivity index (χ0) is 28.9. The first-order chi connectivity index (χ1) is 19.0. The van der Waals surface area contributed by atoms with Crippen LogP contribution in [0.3, 0.4) is 0 Å². The number of amides is 5. The molecule has 3 aliphatic rings. The maximum atomic E-state index is 13.0. The Labute approximate surface area is 234 Å². The molecule has 3 heterocycles. The van der Waals surface area contributed by atoms with Crippen LogP contribution in [0.5, 0.6) is 5.75 Å². The molecule has 2 atom stereocenters. The molecular weight excluding hydrogens is 518 g/mol. The van der Waals surface area contributed by atoms with E-state index in [0.29, 0.717) is 43.9 Å². The minimum absolute atomic E-state index is 0.0580. The van der Waals surface area contributed by atoms with Crippen molar-refractivity contribution in [2.45, 2.75) is 77.1 Å². The van der Waals surface area contributed by atoms with Crippen molar-refractivity contribution in [3.8, 4) is 5.75 Å². The predicted molar refractivity (Wildman–Crippen MR) is 144 cm³/mol. The van der Waals surface area contributed by atoms with E-state index >= 15 is 0 Å². The fraction of sp³-hybridized carbons (Fsp3) is 0.607. The molecule has 0 aromatic heterocycles. The molecule has 3 aliphatic heterocycles. The van der Waals surface area contributed by atoms with E-state index in [4.69, 9.17) is 9.47 Å². The highest BCUT2D eigenvalue weighted by Gasteiger charge is 2.40. The van der Waals surface area contributed by atoms with Crippen LogP contribution in [0.4, 0.5) is 4.79 Å². The van der Waals surface area contributed by atoms with Gasteiger partial charge in [-0.15, -0.1) is 0 Å². The van der Waals surface area contributed by atoms with Gasteiger partial charge >= 0.3 is 6.09 Å². The van der Waals surface area contributed by atoms with Gasteiger partial charge in [0.25, 0.3) is 5.91 Å². The molecule has 3 N–H and O–H groups in total. The van der Waals surface area contributed by atoms with Crippen LogP contribution in [0.15, 0.2) is 18.2 Å². The van der Waals surface area contributed by atoms with E-state index in [-0.39, 0.29) is 43.3 Å². The molecule has 12 heteroatoms. The Morgan fingerprint density at radius 1 is 1.10 bits per heavy atom. The minimum Gasteiger partial charge on any atom is -0.493 e. The number of imide groups is 1. The van der Waals surface area contributed by atoms with Gasteiger partial charge in [0.15, 0.2) is 0 Å². The standard InChI is InChI=1S/C28H39N5O7/c1-28(2,3)40-27(38)30-13-12-29-24(35)20-8-5-14-32(20)15-6-16-39-22-9-4-7-18-19(22)17-33(26(18)37)21-10-11-23(34)31-25(21)36/h4,7,9,20-21H,5-6,8,10-17H2,1-3H3,(H,29,35)(H,30,38)(H,31,34,36). The van der Waals surface area contributed by atoms with Crippen LogP contribution >= 0.6 is 0 Å². The van der Waals surface area contributed by atoms with Gasteiger partial charge in [0.1, 0.15) is 17.4 Å². The zero-order valence-electron chi connectivity index (χ0n) is 23.4. The maximum absolute atomic E-state index is 13.0. The lowest BCUT2D eigenvalue weighted by Crippen LogP contribution is -2.52. The second-order valence-corrected chi connectivity index (χ2v) is 11.3. The number of hydrogen-bond acceptors (Lipinski definition) is 8.